The normalized spacial score (nSPS) is 13.8. The fourth-order valence-corrected chi connectivity index (χ4v) is 5.02. The number of alkyl halides is 3. The lowest BCUT2D eigenvalue weighted by molar-refractivity contribution is -0.141. The monoisotopic (exact) mass is 576 g/mol. The van der Waals surface area contributed by atoms with Crippen LogP contribution in [0.1, 0.15) is 25.1 Å². The van der Waals surface area contributed by atoms with Gasteiger partial charge in [0.25, 0.3) is 10.0 Å². The third kappa shape index (κ3) is 6.83. The topological polar surface area (TPSA) is 105 Å². The lowest BCUT2D eigenvalue weighted by Crippen LogP contribution is -2.48. The maximum atomic E-state index is 13.5. The lowest BCUT2D eigenvalue weighted by atomic mass is 10.1. The summed E-state index contributed by atoms with van der Waals surface area (Å²) in [6.07, 6.45) is 4.90. The minimum absolute atomic E-state index is 0.0827. The van der Waals surface area contributed by atoms with Crippen molar-refractivity contribution in [2.45, 2.75) is 31.2 Å². The van der Waals surface area contributed by atoms with E-state index in [4.69, 9.17) is 10.8 Å². The van der Waals surface area contributed by atoms with Crippen molar-refractivity contribution in [3.8, 4) is 12.3 Å². The molecular weight excluding hydrogens is 552 g/mol. The van der Waals surface area contributed by atoms with Gasteiger partial charge in [-0.25, -0.2) is 12.8 Å². The second kappa shape index (κ2) is 12.3. The molecule has 2 heterocycles. The Morgan fingerprint density at radius 2 is 2.02 bits per heavy atom. The molecule has 0 fully saturated rings. The average molecular weight is 577 g/mol. The Labute approximate surface area is 228 Å². The third-order valence-electron chi connectivity index (χ3n) is 5.76. The second-order valence-electron chi connectivity index (χ2n) is 8.38. The first kappa shape index (κ1) is 30.3. The average Bonchev–Trinajstić information content (AvgIpc) is 3.35. The molecule has 40 heavy (non-hydrogen) atoms. The summed E-state index contributed by atoms with van der Waals surface area (Å²) in [5, 5.41) is 2.32. The van der Waals surface area contributed by atoms with E-state index in [9.17, 15) is 30.8 Å². The molecule has 0 aliphatic heterocycles. The molecule has 2 aromatic heterocycles. The Balaban J connectivity index is 1.77. The van der Waals surface area contributed by atoms with Gasteiger partial charge in [-0.15, -0.1) is 6.42 Å². The molecule has 3 rings (SSSR count). The van der Waals surface area contributed by atoms with Crippen LogP contribution in [0.5, 0.6) is 0 Å². The first-order valence-electron chi connectivity index (χ1n) is 11.6. The number of nitrogens with zero attached hydrogens (tertiary/aromatic N) is 3. The first-order chi connectivity index (χ1) is 18.8. The number of hydrogen-bond donors (Lipinski definition) is 1. The number of furan rings is 1. The second-order valence-corrected chi connectivity index (χ2v) is 10.2. The van der Waals surface area contributed by atoms with E-state index in [0.717, 1.165) is 34.8 Å². The Hall–Kier alpha value is -4.28. The minimum atomic E-state index is -4.59. The highest BCUT2D eigenvalue weighted by Crippen LogP contribution is 2.29. The number of aromatic nitrogens is 1. The quantitative estimate of drug-likeness (QED) is 0.162. The Kier molecular flexibility index (Phi) is 9.28. The van der Waals surface area contributed by atoms with Gasteiger partial charge in [-0.05, 0) is 62.5 Å². The summed E-state index contributed by atoms with van der Waals surface area (Å²) < 4.78 is 84.7. The number of carbonyl (C=O) groups is 1. The molecule has 0 unspecified atom stereocenters. The molecular formula is C27H24F4N4O4S. The zero-order valence-corrected chi connectivity index (χ0v) is 22.2. The predicted molar refractivity (Wildman–Crippen MR) is 142 cm³/mol. The number of nitrogens with one attached hydrogen (secondary N) is 1. The molecule has 13 heteroatoms. The summed E-state index contributed by atoms with van der Waals surface area (Å²) in [7, 11) is -4.40. The molecule has 1 atom stereocenters. The fraction of sp³-hybridized carbons (Fsp3) is 0.222. The van der Waals surface area contributed by atoms with Gasteiger partial charge in [-0.2, -0.15) is 17.5 Å². The van der Waals surface area contributed by atoms with Crippen LogP contribution >= 0.6 is 0 Å². The Morgan fingerprint density at radius 3 is 2.60 bits per heavy atom. The van der Waals surface area contributed by atoms with Gasteiger partial charge < -0.3 is 9.73 Å². The van der Waals surface area contributed by atoms with E-state index in [2.05, 4.69) is 27.9 Å². The lowest BCUT2D eigenvalue weighted by Gasteiger charge is -2.24. The predicted octanol–water partition coefficient (Wildman–Crippen LogP) is 4.80. The summed E-state index contributed by atoms with van der Waals surface area (Å²) in [6.45, 7) is 5.89. The molecule has 1 aromatic carbocycles. The number of halogens is 4. The molecule has 0 bridgehead atoms. The number of fused-ring (bicyclic) bond motifs is 1. The summed E-state index contributed by atoms with van der Waals surface area (Å²) in [5.74, 6) is 0.936. The molecule has 1 N–H and O–H groups in total. The molecule has 0 radical (unpaired) electrons. The number of allylic oxidation sites excluding steroid dienone is 1. The number of aliphatic imine (C=N–C) groups is 1. The number of amides is 1. The largest absolute Gasteiger partial charge is 0.443 e. The number of hydrogen-bond acceptors (Lipinski definition) is 6. The smallest absolute Gasteiger partial charge is 0.433 e. The maximum Gasteiger partial charge on any atom is 0.433 e. The van der Waals surface area contributed by atoms with Gasteiger partial charge in [0.05, 0.1) is 12.2 Å². The van der Waals surface area contributed by atoms with Gasteiger partial charge in [0.2, 0.25) is 11.0 Å². The van der Waals surface area contributed by atoms with Crippen LogP contribution < -0.4 is 5.32 Å². The fourth-order valence-electron chi connectivity index (χ4n) is 3.57. The maximum absolute atomic E-state index is 13.5. The number of sulfonamides is 1. The van der Waals surface area contributed by atoms with E-state index in [1.807, 2.05) is 0 Å². The summed E-state index contributed by atoms with van der Waals surface area (Å²) in [6, 6.07) is 5.38. The van der Waals surface area contributed by atoms with Crippen LogP contribution in [0.2, 0.25) is 0 Å². The van der Waals surface area contributed by atoms with E-state index >= 15 is 0 Å². The van der Waals surface area contributed by atoms with Crippen LogP contribution in [0.4, 0.5) is 17.6 Å². The minimum Gasteiger partial charge on any atom is -0.443 e. The first-order valence-corrected chi connectivity index (χ1v) is 13.0. The van der Waals surface area contributed by atoms with Crippen LogP contribution in [0, 0.1) is 18.2 Å². The molecule has 1 amide bonds. The van der Waals surface area contributed by atoms with Gasteiger partial charge in [-0.3, -0.25) is 14.8 Å². The molecule has 0 spiro atoms. The number of pyridine rings is 1. The van der Waals surface area contributed by atoms with Crippen molar-refractivity contribution in [1.29, 1.82) is 0 Å². The SMILES string of the molecule is C#CCN([C@@H](C)C(=O)NCC(/C=C(\N=C)c1ccc(C(F)(F)F)nc1)=C/C)S(=O)(=O)c1cc2cc(F)ccc2o1. The number of benzene rings is 1. The zero-order chi connectivity index (χ0) is 29.7. The van der Waals surface area contributed by atoms with Crippen molar-refractivity contribution in [2.75, 3.05) is 13.1 Å². The molecule has 0 aliphatic carbocycles. The van der Waals surface area contributed by atoms with E-state index < -0.39 is 51.3 Å². The zero-order valence-electron chi connectivity index (χ0n) is 21.4. The van der Waals surface area contributed by atoms with Crippen molar-refractivity contribution in [2.24, 2.45) is 4.99 Å². The summed E-state index contributed by atoms with van der Waals surface area (Å²) >= 11 is 0. The molecule has 3 aromatic rings. The van der Waals surface area contributed by atoms with Crippen molar-refractivity contribution in [3.63, 3.8) is 0 Å². The number of rotatable bonds is 10. The van der Waals surface area contributed by atoms with Gasteiger partial charge >= 0.3 is 6.18 Å². The van der Waals surface area contributed by atoms with Gasteiger partial charge in [0, 0.05) is 29.8 Å². The van der Waals surface area contributed by atoms with Crippen LogP contribution in [0.3, 0.4) is 0 Å². The van der Waals surface area contributed by atoms with Crippen molar-refractivity contribution >= 4 is 39.3 Å². The highest BCUT2D eigenvalue weighted by atomic mass is 32.2. The summed E-state index contributed by atoms with van der Waals surface area (Å²) in [4.78, 5) is 20.2. The highest BCUT2D eigenvalue weighted by molar-refractivity contribution is 7.89. The molecule has 0 saturated heterocycles. The number of terminal acetylenes is 1. The van der Waals surface area contributed by atoms with Crippen LogP contribution in [0.25, 0.3) is 16.7 Å². The van der Waals surface area contributed by atoms with Gasteiger partial charge in [0.15, 0.2) is 0 Å². The molecule has 0 saturated carbocycles. The van der Waals surface area contributed by atoms with Crippen LogP contribution in [0.15, 0.2) is 74.8 Å². The Morgan fingerprint density at radius 1 is 1.30 bits per heavy atom. The van der Waals surface area contributed by atoms with E-state index in [-0.39, 0.29) is 28.8 Å². The van der Waals surface area contributed by atoms with Crippen LogP contribution in [-0.2, 0) is 21.0 Å². The highest BCUT2D eigenvalue weighted by Gasteiger charge is 2.35. The van der Waals surface area contributed by atoms with E-state index in [1.54, 1.807) is 13.0 Å². The van der Waals surface area contributed by atoms with Crippen molar-refractivity contribution in [1.82, 2.24) is 14.6 Å². The van der Waals surface area contributed by atoms with E-state index in [0.29, 0.717) is 5.57 Å². The van der Waals surface area contributed by atoms with Crippen molar-refractivity contribution in [3.05, 3.63) is 77.4 Å². The van der Waals surface area contributed by atoms with E-state index in [1.165, 1.54) is 25.1 Å². The standard InChI is InChI=1S/C27H24F4N4O4S/c1-5-11-35(40(37,38)25-14-20-13-21(28)8-9-23(20)39-25)17(3)26(36)34-15-18(6-2)12-22(32-4)19-7-10-24(33-16-19)27(29,30)31/h1,6-10,12-14,16-17H,4,11,15H2,2-3H3,(H,34,36)/b18-6+,22-12-/t17-/m0/s1. The number of carbonyl (C=O) groups excluding carboxylic acids is 1. The molecule has 210 valence electrons. The van der Waals surface area contributed by atoms with Crippen LogP contribution in [-0.4, -0.2) is 49.5 Å². The van der Waals surface area contributed by atoms with Gasteiger partial charge in [-0.1, -0.05) is 12.0 Å². The van der Waals surface area contributed by atoms with Gasteiger partial charge in [0.1, 0.15) is 23.1 Å². The Bertz CT molecular complexity index is 1620. The third-order valence-corrected chi connectivity index (χ3v) is 7.53. The molecule has 8 nitrogen and oxygen atoms in total. The summed E-state index contributed by atoms with van der Waals surface area (Å²) in [5.41, 5.74) is 0.0348. The molecule has 0 aliphatic rings. The van der Waals surface area contributed by atoms with Crippen molar-refractivity contribution < 1.29 is 35.2 Å².